The molecule has 0 radical (unpaired) electrons. The molecule has 0 aliphatic carbocycles. The summed E-state index contributed by atoms with van der Waals surface area (Å²) in [7, 11) is 0. The molecule has 0 unspecified atom stereocenters. The highest BCUT2D eigenvalue weighted by atomic mass is 127. The molecule has 0 fully saturated rings. The molecule has 35 heavy (non-hydrogen) atoms. The van der Waals surface area contributed by atoms with Crippen molar-refractivity contribution in [3.63, 3.8) is 0 Å². The number of nitrogens with zero attached hydrogens (tertiary/aromatic N) is 3. The summed E-state index contributed by atoms with van der Waals surface area (Å²) < 4.78 is 19.2. The summed E-state index contributed by atoms with van der Waals surface area (Å²) in [5.41, 5.74) is 1.10. The molecular formula is C25H27BrIN3O5. The number of halogens is 2. The Hall–Kier alpha value is -2.47. The Balaban J connectivity index is 2.04. The van der Waals surface area contributed by atoms with E-state index in [1.165, 1.54) is 4.68 Å². The van der Waals surface area contributed by atoms with Crippen LogP contribution >= 0.6 is 38.5 Å². The van der Waals surface area contributed by atoms with Crippen molar-refractivity contribution in [3.05, 3.63) is 60.1 Å². The molecule has 0 aliphatic rings. The zero-order valence-corrected chi connectivity index (χ0v) is 23.8. The van der Waals surface area contributed by atoms with E-state index in [4.69, 9.17) is 19.2 Å². The van der Waals surface area contributed by atoms with Gasteiger partial charge in [-0.15, -0.1) is 0 Å². The van der Waals surface area contributed by atoms with E-state index in [0.29, 0.717) is 40.4 Å². The molecule has 0 saturated heterocycles. The normalized spacial score (nSPS) is 12.2. The second-order valence-corrected chi connectivity index (χ2v) is 9.74. The molecule has 2 aromatic carbocycles. The Morgan fingerprint density at radius 2 is 1.97 bits per heavy atom. The second kappa shape index (κ2) is 12.5. The molecule has 0 saturated carbocycles. The van der Waals surface area contributed by atoms with Crippen LogP contribution in [0.5, 0.6) is 11.5 Å². The van der Waals surface area contributed by atoms with Gasteiger partial charge in [0.05, 0.1) is 33.9 Å². The van der Waals surface area contributed by atoms with E-state index in [-0.39, 0.29) is 24.7 Å². The van der Waals surface area contributed by atoms with E-state index < -0.39 is 5.97 Å². The molecule has 0 spiro atoms. The molecule has 10 heteroatoms. The summed E-state index contributed by atoms with van der Waals surface area (Å²) in [4.78, 5) is 29.8. The fourth-order valence-corrected chi connectivity index (χ4v) is 4.44. The number of hydrogen-bond donors (Lipinski definition) is 0. The van der Waals surface area contributed by atoms with Gasteiger partial charge in [-0.05, 0) is 78.8 Å². The van der Waals surface area contributed by atoms with Gasteiger partial charge in [0, 0.05) is 10.4 Å². The van der Waals surface area contributed by atoms with Gasteiger partial charge in [0.1, 0.15) is 5.82 Å². The minimum atomic E-state index is -0.455. The van der Waals surface area contributed by atoms with Gasteiger partial charge in [0.15, 0.2) is 18.1 Å². The first-order chi connectivity index (χ1) is 16.8. The van der Waals surface area contributed by atoms with Crippen LogP contribution in [-0.2, 0) is 9.53 Å². The van der Waals surface area contributed by atoms with Crippen LogP contribution in [0.1, 0.15) is 51.4 Å². The van der Waals surface area contributed by atoms with Crippen molar-refractivity contribution in [2.45, 2.75) is 40.0 Å². The SMILES string of the molecule is CCOC(=O)COc1c(I)cc(C=Nn2c([C@H](C)CC)nc3ccc(Br)cc3c2=O)cc1OCC. The predicted octanol–water partition coefficient (Wildman–Crippen LogP) is 5.50. The molecule has 3 rings (SSSR count). The van der Waals surface area contributed by atoms with Gasteiger partial charge in [-0.2, -0.15) is 9.78 Å². The molecule has 1 heterocycles. The van der Waals surface area contributed by atoms with Gasteiger partial charge in [0.2, 0.25) is 0 Å². The highest BCUT2D eigenvalue weighted by Gasteiger charge is 2.17. The van der Waals surface area contributed by atoms with Crippen LogP contribution < -0.4 is 15.0 Å². The van der Waals surface area contributed by atoms with Crippen LogP contribution in [0.2, 0.25) is 0 Å². The van der Waals surface area contributed by atoms with Crippen LogP contribution in [0.4, 0.5) is 0 Å². The molecule has 186 valence electrons. The highest BCUT2D eigenvalue weighted by Crippen LogP contribution is 2.34. The average molecular weight is 656 g/mol. The van der Waals surface area contributed by atoms with E-state index in [2.05, 4.69) is 43.6 Å². The van der Waals surface area contributed by atoms with Crippen LogP contribution in [-0.4, -0.2) is 41.7 Å². The number of esters is 1. The van der Waals surface area contributed by atoms with E-state index in [9.17, 15) is 9.59 Å². The summed E-state index contributed by atoms with van der Waals surface area (Å²) in [6.07, 6.45) is 2.40. The van der Waals surface area contributed by atoms with Crippen molar-refractivity contribution >= 4 is 61.6 Å². The minimum absolute atomic E-state index is 0.0330. The molecular weight excluding hydrogens is 629 g/mol. The van der Waals surface area contributed by atoms with Gasteiger partial charge >= 0.3 is 5.97 Å². The predicted molar refractivity (Wildman–Crippen MR) is 148 cm³/mol. The summed E-state index contributed by atoms with van der Waals surface area (Å²) in [6, 6.07) is 9.04. The Bertz CT molecular complexity index is 1310. The Labute approximate surface area is 225 Å². The lowest BCUT2D eigenvalue weighted by atomic mass is 10.1. The topological polar surface area (TPSA) is 92.0 Å². The Morgan fingerprint density at radius 3 is 2.66 bits per heavy atom. The quantitative estimate of drug-likeness (QED) is 0.163. The lowest BCUT2D eigenvalue weighted by Gasteiger charge is -2.15. The summed E-state index contributed by atoms with van der Waals surface area (Å²) in [5, 5.41) is 5.01. The first kappa shape index (κ1) is 27.1. The largest absolute Gasteiger partial charge is 0.490 e. The molecule has 0 amide bonds. The van der Waals surface area contributed by atoms with Gasteiger partial charge in [-0.1, -0.05) is 29.8 Å². The molecule has 3 aromatic rings. The van der Waals surface area contributed by atoms with Gasteiger partial charge < -0.3 is 14.2 Å². The van der Waals surface area contributed by atoms with E-state index in [1.807, 2.05) is 39.0 Å². The number of hydrogen-bond acceptors (Lipinski definition) is 7. The van der Waals surface area contributed by atoms with Crippen LogP contribution in [0.15, 0.2) is 44.7 Å². The number of benzene rings is 2. The van der Waals surface area contributed by atoms with Crippen molar-refractivity contribution in [2.75, 3.05) is 19.8 Å². The third-order valence-corrected chi connectivity index (χ3v) is 6.47. The number of rotatable bonds is 10. The highest BCUT2D eigenvalue weighted by molar-refractivity contribution is 14.1. The van der Waals surface area contributed by atoms with E-state index >= 15 is 0 Å². The number of carbonyl (C=O) groups excluding carboxylic acids is 1. The second-order valence-electron chi connectivity index (χ2n) is 7.66. The van der Waals surface area contributed by atoms with Crippen molar-refractivity contribution in [2.24, 2.45) is 5.10 Å². The van der Waals surface area contributed by atoms with Crippen molar-refractivity contribution in [1.29, 1.82) is 0 Å². The lowest BCUT2D eigenvalue weighted by molar-refractivity contribution is -0.145. The maximum Gasteiger partial charge on any atom is 0.344 e. The van der Waals surface area contributed by atoms with Gasteiger partial charge in [-0.3, -0.25) is 4.79 Å². The van der Waals surface area contributed by atoms with Crippen molar-refractivity contribution in [1.82, 2.24) is 9.66 Å². The first-order valence-electron chi connectivity index (χ1n) is 11.3. The summed E-state index contributed by atoms with van der Waals surface area (Å²) in [6.45, 7) is 8.14. The van der Waals surface area contributed by atoms with E-state index in [0.717, 1.165) is 14.5 Å². The fourth-order valence-electron chi connectivity index (χ4n) is 3.30. The third-order valence-electron chi connectivity index (χ3n) is 5.18. The molecule has 1 atom stereocenters. The maximum atomic E-state index is 13.3. The molecule has 0 N–H and O–H groups in total. The standard InChI is InChI=1S/C25H27BrIN3O5/c1-5-15(4)24-29-20-9-8-17(26)12-18(20)25(32)30(24)28-13-16-10-19(27)23(21(11-16)33-6-2)35-14-22(31)34-7-3/h8-13,15H,5-7,14H2,1-4H3/t15-/m1/s1. The number of carbonyl (C=O) groups is 1. The number of fused-ring (bicyclic) bond motifs is 1. The molecule has 1 aromatic heterocycles. The average Bonchev–Trinajstić information content (AvgIpc) is 2.83. The number of aromatic nitrogens is 2. The molecule has 0 bridgehead atoms. The van der Waals surface area contributed by atoms with Crippen LogP contribution in [0.25, 0.3) is 10.9 Å². The maximum absolute atomic E-state index is 13.3. The van der Waals surface area contributed by atoms with Gasteiger partial charge in [0.25, 0.3) is 5.56 Å². The monoisotopic (exact) mass is 655 g/mol. The number of ether oxygens (including phenoxy) is 3. The summed E-state index contributed by atoms with van der Waals surface area (Å²) >= 11 is 5.54. The molecule has 8 nitrogen and oxygen atoms in total. The van der Waals surface area contributed by atoms with Crippen molar-refractivity contribution < 1.29 is 19.0 Å². The smallest absolute Gasteiger partial charge is 0.344 e. The van der Waals surface area contributed by atoms with Gasteiger partial charge in [-0.25, -0.2) is 9.78 Å². The third kappa shape index (κ3) is 6.60. The van der Waals surface area contributed by atoms with Crippen LogP contribution in [0.3, 0.4) is 0 Å². The zero-order valence-electron chi connectivity index (χ0n) is 20.0. The Kier molecular flexibility index (Phi) is 9.67. The zero-order chi connectivity index (χ0) is 25.5. The van der Waals surface area contributed by atoms with Crippen molar-refractivity contribution in [3.8, 4) is 11.5 Å². The first-order valence-corrected chi connectivity index (χ1v) is 13.2. The fraction of sp³-hybridized carbons (Fsp3) is 0.360. The summed E-state index contributed by atoms with van der Waals surface area (Å²) in [5.74, 6) is 1.10. The Morgan fingerprint density at radius 1 is 1.20 bits per heavy atom. The lowest BCUT2D eigenvalue weighted by Crippen LogP contribution is -2.23. The molecule has 0 aliphatic heterocycles. The van der Waals surface area contributed by atoms with Crippen LogP contribution in [0, 0.1) is 3.57 Å². The van der Waals surface area contributed by atoms with E-state index in [1.54, 1.807) is 25.3 Å². The minimum Gasteiger partial charge on any atom is -0.490 e.